The maximum absolute atomic E-state index is 13.9. The molecule has 0 saturated carbocycles. The minimum Gasteiger partial charge on any atom is -0.469 e. The SMILES string of the molecule is COC(=O)C[C@]12C(=O)NCCN1[C@H](c1ccccc1)[C@H]1C(=O)N(c3ccccc3Cl)C(=O)[C@@H]12. The predicted octanol–water partition coefficient (Wildman–Crippen LogP) is 1.93. The molecular weight excluding hydrogens is 446 g/mol. The molecule has 3 heterocycles. The van der Waals surface area contributed by atoms with Gasteiger partial charge < -0.3 is 10.1 Å². The largest absolute Gasteiger partial charge is 0.469 e. The Kier molecular flexibility index (Phi) is 5.22. The summed E-state index contributed by atoms with van der Waals surface area (Å²) in [6.07, 6.45) is -0.338. The van der Waals surface area contributed by atoms with Gasteiger partial charge in [0.15, 0.2) is 0 Å². The Labute approximate surface area is 195 Å². The van der Waals surface area contributed by atoms with E-state index in [4.69, 9.17) is 16.3 Å². The van der Waals surface area contributed by atoms with Gasteiger partial charge in [-0.3, -0.25) is 24.1 Å². The van der Waals surface area contributed by atoms with Crippen LogP contribution in [0.2, 0.25) is 5.02 Å². The number of piperazine rings is 1. The molecule has 3 fully saturated rings. The quantitative estimate of drug-likeness (QED) is 0.545. The lowest BCUT2D eigenvalue weighted by atomic mass is 9.76. The Hall–Kier alpha value is -3.23. The maximum atomic E-state index is 13.9. The van der Waals surface area contributed by atoms with Crippen molar-refractivity contribution in [1.82, 2.24) is 10.2 Å². The van der Waals surface area contributed by atoms with Gasteiger partial charge >= 0.3 is 5.97 Å². The summed E-state index contributed by atoms with van der Waals surface area (Å²) >= 11 is 6.34. The Bertz CT molecular complexity index is 1160. The number of carbonyl (C=O) groups is 4. The fourth-order valence-electron chi connectivity index (χ4n) is 5.68. The summed E-state index contributed by atoms with van der Waals surface area (Å²) < 4.78 is 4.91. The molecule has 3 aliphatic rings. The van der Waals surface area contributed by atoms with Crippen LogP contribution in [0.3, 0.4) is 0 Å². The molecule has 33 heavy (non-hydrogen) atoms. The molecule has 9 heteroatoms. The molecule has 0 aromatic heterocycles. The van der Waals surface area contributed by atoms with E-state index >= 15 is 0 Å². The highest BCUT2D eigenvalue weighted by atomic mass is 35.5. The molecule has 1 N–H and O–H groups in total. The van der Waals surface area contributed by atoms with Crippen LogP contribution in [0.1, 0.15) is 18.0 Å². The number of imide groups is 1. The van der Waals surface area contributed by atoms with Gasteiger partial charge in [-0.15, -0.1) is 0 Å². The molecule has 8 nitrogen and oxygen atoms in total. The lowest BCUT2D eigenvalue weighted by Crippen LogP contribution is -2.67. The zero-order valence-corrected chi connectivity index (χ0v) is 18.6. The van der Waals surface area contributed by atoms with E-state index in [0.29, 0.717) is 13.1 Å². The number of nitrogens with zero attached hydrogens (tertiary/aromatic N) is 2. The average Bonchev–Trinajstić information content (AvgIpc) is 3.26. The predicted molar refractivity (Wildman–Crippen MR) is 119 cm³/mol. The Morgan fingerprint density at radius 3 is 2.48 bits per heavy atom. The molecule has 2 aromatic carbocycles. The number of para-hydroxylation sites is 1. The van der Waals surface area contributed by atoms with Crippen molar-refractivity contribution in [2.45, 2.75) is 18.0 Å². The summed E-state index contributed by atoms with van der Waals surface area (Å²) in [6.45, 7) is 0.739. The maximum Gasteiger partial charge on any atom is 0.307 e. The van der Waals surface area contributed by atoms with Crippen LogP contribution in [-0.4, -0.2) is 54.3 Å². The van der Waals surface area contributed by atoms with Crippen LogP contribution in [0.15, 0.2) is 54.6 Å². The first-order valence-electron chi connectivity index (χ1n) is 10.7. The normalized spacial score (nSPS) is 29.0. The first kappa shape index (κ1) is 21.6. The number of methoxy groups -OCH3 is 1. The number of halogens is 1. The minimum absolute atomic E-state index is 0.252. The van der Waals surface area contributed by atoms with Crippen molar-refractivity contribution in [3.8, 4) is 0 Å². The van der Waals surface area contributed by atoms with Crippen LogP contribution in [0.4, 0.5) is 5.69 Å². The van der Waals surface area contributed by atoms with Crippen molar-refractivity contribution in [1.29, 1.82) is 0 Å². The molecule has 3 amide bonds. The van der Waals surface area contributed by atoms with Gasteiger partial charge in [0.1, 0.15) is 5.54 Å². The van der Waals surface area contributed by atoms with E-state index in [1.54, 1.807) is 24.3 Å². The molecule has 0 unspecified atom stereocenters. The molecule has 2 aromatic rings. The Morgan fingerprint density at radius 1 is 1.09 bits per heavy atom. The number of rotatable bonds is 4. The van der Waals surface area contributed by atoms with Gasteiger partial charge in [0, 0.05) is 19.1 Å². The van der Waals surface area contributed by atoms with Crippen molar-refractivity contribution >= 4 is 41.0 Å². The third-order valence-electron chi connectivity index (χ3n) is 6.96. The number of anilines is 1. The number of ether oxygens (including phenoxy) is 1. The summed E-state index contributed by atoms with van der Waals surface area (Å²) in [6, 6.07) is 15.3. The van der Waals surface area contributed by atoms with Gasteiger partial charge in [0.2, 0.25) is 17.7 Å². The zero-order chi connectivity index (χ0) is 23.3. The van der Waals surface area contributed by atoms with Crippen LogP contribution in [0.5, 0.6) is 0 Å². The Balaban J connectivity index is 1.72. The number of hydrogen-bond donors (Lipinski definition) is 1. The van der Waals surface area contributed by atoms with E-state index in [-0.39, 0.29) is 17.1 Å². The van der Waals surface area contributed by atoms with Crippen LogP contribution in [0, 0.1) is 11.8 Å². The van der Waals surface area contributed by atoms with E-state index in [2.05, 4.69) is 5.32 Å². The van der Waals surface area contributed by atoms with Gasteiger partial charge in [0.25, 0.3) is 0 Å². The summed E-state index contributed by atoms with van der Waals surface area (Å²) in [7, 11) is 1.24. The van der Waals surface area contributed by atoms with Gasteiger partial charge in [-0.25, -0.2) is 4.90 Å². The highest BCUT2D eigenvalue weighted by molar-refractivity contribution is 6.36. The van der Waals surface area contributed by atoms with Gasteiger partial charge in [-0.1, -0.05) is 54.1 Å². The molecule has 0 spiro atoms. The standard InChI is InChI=1S/C24H22ClN3O5/c1-33-17(29)13-24-19-18(21(30)28(22(19)31)16-10-6-5-9-15(16)25)20(14-7-3-2-4-8-14)27(24)12-11-26-23(24)32/h2-10,18-20H,11-13H2,1H3,(H,26,32)/t18-,19+,20+,24-/m0/s1. The topological polar surface area (TPSA) is 96.0 Å². The van der Waals surface area contributed by atoms with Crippen molar-refractivity contribution in [2.75, 3.05) is 25.1 Å². The van der Waals surface area contributed by atoms with E-state index in [0.717, 1.165) is 10.5 Å². The number of benzene rings is 2. The monoisotopic (exact) mass is 467 g/mol. The van der Waals surface area contributed by atoms with E-state index in [9.17, 15) is 19.2 Å². The molecule has 0 aliphatic carbocycles. The van der Waals surface area contributed by atoms with Crippen molar-refractivity contribution in [2.24, 2.45) is 11.8 Å². The molecule has 3 aliphatic heterocycles. The number of hydrogen-bond acceptors (Lipinski definition) is 6. The van der Waals surface area contributed by atoms with Crippen LogP contribution >= 0.6 is 11.6 Å². The molecule has 5 rings (SSSR count). The number of nitrogens with one attached hydrogen (secondary N) is 1. The van der Waals surface area contributed by atoms with E-state index < -0.39 is 47.1 Å². The van der Waals surface area contributed by atoms with Gasteiger partial charge in [-0.05, 0) is 17.7 Å². The number of fused-ring (bicyclic) bond motifs is 3. The smallest absolute Gasteiger partial charge is 0.307 e. The summed E-state index contributed by atoms with van der Waals surface area (Å²) in [4.78, 5) is 56.7. The van der Waals surface area contributed by atoms with Crippen molar-refractivity contribution < 1.29 is 23.9 Å². The number of esters is 1. The number of amides is 3. The Morgan fingerprint density at radius 2 is 1.79 bits per heavy atom. The summed E-state index contributed by atoms with van der Waals surface area (Å²) in [5.74, 6) is -3.97. The summed E-state index contributed by atoms with van der Waals surface area (Å²) in [5, 5.41) is 3.07. The third-order valence-corrected chi connectivity index (χ3v) is 7.28. The highest BCUT2D eigenvalue weighted by Gasteiger charge is 2.73. The second kappa shape index (κ2) is 7.97. The van der Waals surface area contributed by atoms with Gasteiger partial charge in [-0.2, -0.15) is 0 Å². The van der Waals surface area contributed by atoms with Crippen LogP contribution in [-0.2, 0) is 23.9 Å². The minimum atomic E-state index is -1.54. The molecule has 3 saturated heterocycles. The fourth-order valence-corrected chi connectivity index (χ4v) is 5.90. The van der Waals surface area contributed by atoms with Crippen molar-refractivity contribution in [3.63, 3.8) is 0 Å². The second-order valence-corrected chi connectivity index (χ2v) is 8.86. The molecule has 170 valence electrons. The van der Waals surface area contributed by atoms with E-state index in [1.165, 1.54) is 7.11 Å². The fraction of sp³-hybridized carbons (Fsp3) is 0.333. The molecular formula is C24H22ClN3O5. The molecule has 0 radical (unpaired) electrons. The van der Waals surface area contributed by atoms with Crippen LogP contribution < -0.4 is 10.2 Å². The summed E-state index contributed by atoms with van der Waals surface area (Å²) in [5.41, 5.74) is -0.471. The lowest BCUT2D eigenvalue weighted by molar-refractivity contribution is -0.154. The first-order valence-corrected chi connectivity index (χ1v) is 11.1. The van der Waals surface area contributed by atoms with Crippen molar-refractivity contribution in [3.05, 3.63) is 65.2 Å². The third kappa shape index (κ3) is 3.01. The highest BCUT2D eigenvalue weighted by Crippen LogP contribution is 2.57. The lowest BCUT2D eigenvalue weighted by Gasteiger charge is -2.45. The number of carbonyl (C=O) groups excluding carboxylic acids is 4. The van der Waals surface area contributed by atoms with Gasteiger partial charge in [0.05, 0.1) is 36.1 Å². The van der Waals surface area contributed by atoms with Crippen LogP contribution in [0.25, 0.3) is 0 Å². The first-order chi connectivity index (χ1) is 15.9. The molecule has 0 bridgehead atoms. The van der Waals surface area contributed by atoms with E-state index in [1.807, 2.05) is 35.2 Å². The zero-order valence-electron chi connectivity index (χ0n) is 17.9. The molecule has 4 atom stereocenters. The second-order valence-electron chi connectivity index (χ2n) is 8.45. The average molecular weight is 468 g/mol.